The minimum absolute atomic E-state index is 0.788. The summed E-state index contributed by atoms with van der Waals surface area (Å²) in [7, 11) is 1.91. The molecule has 2 heterocycles. The molecular weight excluding hydrogens is 228 g/mol. The normalized spacial score (nSPS) is 11.1. The Hall–Kier alpha value is -1.62. The zero-order valence-electron chi connectivity index (χ0n) is 11.2. The van der Waals surface area contributed by atoms with Gasteiger partial charge < -0.3 is 9.73 Å². The Morgan fingerprint density at radius 2 is 2.28 bits per heavy atom. The van der Waals surface area contributed by atoms with E-state index < -0.39 is 0 Å². The molecule has 0 fully saturated rings. The van der Waals surface area contributed by atoms with Gasteiger partial charge in [0.1, 0.15) is 5.69 Å². The average molecular weight is 248 g/mol. The van der Waals surface area contributed by atoms with Crippen molar-refractivity contribution in [3.05, 3.63) is 23.8 Å². The summed E-state index contributed by atoms with van der Waals surface area (Å²) in [6.45, 7) is 6.08. The molecule has 1 N–H and O–H groups in total. The molecule has 0 bridgehead atoms. The first-order valence-corrected chi connectivity index (χ1v) is 6.37. The minimum Gasteiger partial charge on any atom is -0.439 e. The van der Waals surface area contributed by atoms with Crippen molar-refractivity contribution in [3.8, 4) is 11.5 Å². The Balaban J connectivity index is 1.99. The maximum absolute atomic E-state index is 5.74. The second-order valence-corrected chi connectivity index (χ2v) is 4.37. The van der Waals surface area contributed by atoms with E-state index in [-0.39, 0.29) is 0 Å². The van der Waals surface area contributed by atoms with Crippen LogP contribution >= 0.6 is 0 Å². The molecule has 2 rings (SSSR count). The molecule has 0 aliphatic heterocycles. The van der Waals surface area contributed by atoms with Gasteiger partial charge >= 0.3 is 0 Å². The molecule has 0 amide bonds. The average Bonchev–Trinajstić information content (AvgIpc) is 2.91. The molecule has 5 heteroatoms. The first-order chi connectivity index (χ1) is 8.70. The van der Waals surface area contributed by atoms with E-state index in [2.05, 4.69) is 22.3 Å². The van der Waals surface area contributed by atoms with E-state index in [1.54, 1.807) is 6.20 Å². The predicted molar refractivity (Wildman–Crippen MR) is 70.3 cm³/mol. The van der Waals surface area contributed by atoms with E-state index in [1.807, 2.05) is 24.7 Å². The quantitative estimate of drug-likeness (QED) is 0.794. The van der Waals surface area contributed by atoms with Crippen LogP contribution in [0.5, 0.6) is 0 Å². The second kappa shape index (κ2) is 5.82. The SMILES string of the molecule is CCNCCCc1ncc(-c2cc(C)nn2C)o1. The van der Waals surface area contributed by atoms with Gasteiger partial charge in [0.15, 0.2) is 11.7 Å². The molecule has 2 aromatic heterocycles. The number of aryl methyl sites for hydroxylation is 3. The molecule has 2 aromatic rings. The van der Waals surface area contributed by atoms with Crippen molar-refractivity contribution in [2.75, 3.05) is 13.1 Å². The van der Waals surface area contributed by atoms with E-state index >= 15 is 0 Å². The third kappa shape index (κ3) is 2.98. The molecule has 0 saturated heterocycles. The lowest BCUT2D eigenvalue weighted by atomic mass is 10.3. The lowest BCUT2D eigenvalue weighted by Gasteiger charge is -1.98. The summed E-state index contributed by atoms with van der Waals surface area (Å²) in [6, 6.07) is 2.00. The summed E-state index contributed by atoms with van der Waals surface area (Å²) >= 11 is 0. The largest absolute Gasteiger partial charge is 0.439 e. The van der Waals surface area contributed by atoms with Crippen molar-refractivity contribution in [3.63, 3.8) is 0 Å². The van der Waals surface area contributed by atoms with Crippen LogP contribution in [0.2, 0.25) is 0 Å². The Morgan fingerprint density at radius 1 is 1.44 bits per heavy atom. The first-order valence-electron chi connectivity index (χ1n) is 6.37. The highest BCUT2D eigenvalue weighted by atomic mass is 16.4. The highest BCUT2D eigenvalue weighted by Crippen LogP contribution is 2.21. The van der Waals surface area contributed by atoms with Gasteiger partial charge in [-0.05, 0) is 32.5 Å². The summed E-state index contributed by atoms with van der Waals surface area (Å²) in [5, 5.41) is 7.59. The molecule has 0 aromatic carbocycles. The van der Waals surface area contributed by atoms with Crippen molar-refractivity contribution in [1.82, 2.24) is 20.1 Å². The molecule has 0 aliphatic rings. The zero-order chi connectivity index (χ0) is 13.0. The number of aromatic nitrogens is 3. The van der Waals surface area contributed by atoms with Gasteiger partial charge in [-0.2, -0.15) is 5.10 Å². The number of rotatable bonds is 6. The monoisotopic (exact) mass is 248 g/mol. The molecule has 0 unspecified atom stereocenters. The highest BCUT2D eigenvalue weighted by Gasteiger charge is 2.10. The van der Waals surface area contributed by atoms with Gasteiger partial charge in [0.2, 0.25) is 0 Å². The third-order valence-corrected chi connectivity index (χ3v) is 2.80. The summed E-state index contributed by atoms with van der Waals surface area (Å²) in [5.41, 5.74) is 1.95. The predicted octanol–water partition coefficient (Wildman–Crippen LogP) is 1.93. The topological polar surface area (TPSA) is 55.9 Å². The van der Waals surface area contributed by atoms with Gasteiger partial charge in [-0.25, -0.2) is 4.98 Å². The van der Waals surface area contributed by atoms with Crippen LogP contribution in [0.4, 0.5) is 0 Å². The van der Waals surface area contributed by atoms with Gasteiger partial charge in [0.25, 0.3) is 0 Å². The Morgan fingerprint density at radius 3 is 2.94 bits per heavy atom. The molecule has 5 nitrogen and oxygen atoms in total. The lowest BCUT2D eigenvalue weighted by molar-refractivity contribution is 0.489. The highest BCUT2D eigenvalue weighted by molar-refractivity contribution is 5.51. The number of hydrogen-bond acceptors (Lipinski definition) is 4. The van der Waals surface area contributed by atoms with Crippen LogP contribution in [0.1, 0.15) is 24.9 Å². The molecule has 0 saturated carbocycles. The van der Waals surface area contributed by atoms with Gasteiger partial charge in [0.05, 0.1) is 11.9 Å². The van der Waals surface area contributed by atoms with Crippen LogP contribution in [-0.4, -0.2) is 27.9 Å². The fourth-order valence-electron chi connectivity index (χ4n) is 1.93. The fraction of sp³-hybridized carbons (Fsp3) is 0.538. The molecule has 18 heavy (non-hydrogen) atoms. The molecule has 0 radical (unpaired) electrons. The summed E-state index contributed by atoms with van der Waals surface area (Å²) in [5.74, 6) is 1.58. The lowest BCUT2D eigenvalue weighted by Crippen LogP contribution is -2.14. The van der Waals surface area contributed by atoms with Crippen molar-refractivity contribution in [2.45, 2.75) is 26.7 Å². The maximum atomic E-state index is 5.74. The summed E-state index contributed by atoms with van der Waals surface area (Å²) < 4.78 is 7.56. The van der Waals surface area contributed by atoms with Crippen molar-refractivity contribution >= 4 is 0 Å². The Kier molecular flexibility index (Phi) is 4.15. The van der Waals surface area contributed by atoms with Crippen LogP contribution < -0.4 is 5.32 Å². The standard InChI is InChI=1S/C13H20N4O/c1-4-14-7-5-6-13-15-9-12(18-13)11-8-10(2)16-17(11)3/h8-9,14H,4-7H2,1-3H3. The van der Waals surface area contributed by atoms with Gasteiger partial charge in [-0.15, -0.1) is 0 Å². The first kappa shape index (κ1) is 12.8. The van der Waals surface area contributed by atoms with E-state index in [9.17, 15) is 0 Å². The van der Waals surface area contributed by atoms with Crippen LogP contribution in [0.15, 0.2) is 16.7 Å². The second-order valence-electron chi connectivity index (χ2n) is 4.37. The summed E-state index contributed by atoms with van der Waals surface area (Å²) in [4.78, 5) is 4.31. The molecule has 0 spiro atoms. The molecule has 0 atom stereocenters. The van der Waals surface area contributed by atoms with Crippen molar-refractivity contribution < 1.29 is 4.42 Å². The van der Waals surface area contributed by atoms with Crippen LogP contribution in [0.3, 0.4) is 0 Å². The van der Waals surface area contributed by atoms with E-state index in [1.165, 1.54) is 0 Å². The van der Waals surface area contributed by atoms with Gasteiger partial charge in [-0.3, -0.25) is 4.68 Å². The molecular formula is C13H20N4O. The van der Waals surface area contributed by atoms with Crippen molar-refractivity contribution in [2.24, 2.45) is 7.05 Å². The fourth-order valence-corrected chi connectivity index (χ4v) is 1.93. The number of nitrogens with one attached hydrogen (secondary N) is 1. The number of oxazole rings is 1. The van der Waals surface area contributed by atoms with E-state index in [0.717, 1.165) is 49.0 Å². The van der Waals surface area contributed by atoms with Gasteiger partial charge in [0, 0.05) is 13.5 Å². The molecule has 0 aliphatic carbocycles. The van der Waals surface area contributed by atoms with Crippen LogP contribution in [-0.2, 0) is 13.5 Å². The van der Waals surface area contributed by atoms with Crippen LogP contribution in [0.25, 0.3) is 11.5 Å². The minimum atomic E-state index is 0.788. The van der Waals surface area contributed by atoms with Gasteiger partial charge in [-0.1, -0.05) is 6.92 Å². The number of hydrogen-bond donors (Lipinski definition) is 1. The van der Waals surface area contributed by atoms with E-state index in [4.69, 9.17) is 4.42 Å². The zero-order valence-corrected chi connectivity index (χ0v) is 11.2. The Bertz CT molecular complexity index is 501. The van der Waals surface area contributed by atoms with E-state index in [0.29, 0.717) is 0 Å². The maximum Gasteiger partial charge on any atom is 0.195 e. The smallest absolute Gasteiger partial charge is 0.195 e. The number of nitrogens with zero attached hydrogens (tertiary/aromatic N) is 3. The molecule has 98 valence electrons. The van der Waals surface area contributed by atoms with Crippen LogP contribution in [0, 0.1) is 6.92 Å². The summed E-state index contributed by atoms with van der Waals surface area (Å²) in [6.07, 6.45) is 3.68. The third-order valence-electron chi connectivity index (χ3n) is 2.80. The Labute approximate surface area is 107 Å². The van der Waals surface area contributed by atoms with Crippen molar-refractivity contribution in [1.29, 1.82) is 0 Å².